The van der Waals surface area contributed by atoms with Crippen LogP contribution in [0.25, 0.3) is 82.8 Å². The van der Waals surface area contributed by atoms with Gasteiger partial charge in [0.1, 0.15) is 0 Å². The van der Waals surface area contributed by atoms with Crippen molar-refractivity contribution >= 4 is 32.6 Å². The topological polar surface area (TPSA) is 4.93 Å². The first-order valence-corrected chi connectivity index (χ1v) is 21.4. The number of para-hydroxylation sites is 1. The van der Waals surface area contributed by atoms with Crippen LogP contribution in [0.5, 0.6) is 0 Å². The van der Waals surface area contributed by atoms with Crippen LogP contribution >= 0.6 is 0 Å². The fourth-order valence-electron chi connectivity index (χ4n) is 10.9. The number of benzene rings is 10. The van der Waals surface area contributed by atoms with Crippen LogP contribution in [0.15, 0.2) is 224 Å². The van der Waals surface area contributed by atoms with Gasteiger partial charge in [-0.3, -0.25) is 0 Å². The van der Waals surface area contributed by atoms with Gasteiger partial charge < -0.3 is 4.57 Å². The molecule has 1 aromatic heterocycles. The van der Waals surface area contributed by atoms with Gasteiger partial charge in [-0.1, -0.05) is 188 Å². The molecule has 0 saturated heterocycles. The van der Waals surface area contributed by atoms with E-state index >= 15 is 0 Å². The molecule has 2 atom stereocenters. The Morgan fingerprint density at radius 2 is 0.984 bits per heavy atom. The number of fused-ring (bicyclic) bond motifs is 11. The van der Waals surface area contributed by atoms with Gasteiger partial charge in [-0.05, 0) is 125 Å². The van der Waals surface area contributed by atoms with Crippen molar-refractivity contribution in [1.82, 2.24) is 4.57 Å². The molecular formula is C60H39N. The second-order valence-corrected chi connectivity index (χ2v) is 16.8. The Balaban J connectivity index is 0.997. The maximum atomic E-state index is 2.47. The molecule has 2 aliphatic rings. The molecule has 11 aromatic rings. The molecule has 61 heavy (non-hydrogen) atoms. The van der Waals surface area contributed by atoms with Crippen LogP contribution in [0.1, 0.15) is 45.2 Å². The molecule has 0 saturated carbocycles. The van der Waals surface area contributed by atoms with Crippen molar-refractivity contribution in [2.45, 2.75) is 11.8 Å². The van der Waals surface area contributed by atoms with E-state index in [4.69, 9.17) is 0 Å². The molecule has 0 radical (unpaired) electrons. The summed E-state index contributed by atoms with van der Waals surface area (Å²) in [5.74, 6) is 0.303. The minimum absolute atomic E-state index is 0.105. The molecule has 0 fully saturated rings. The summed E-state index contributed by atoms with van der Waals surface area (Å²) in [6.45, 7) is 0. The quantitative estimate of drug-likeness (QED) is 0.164. The average molecular weight is 774 g/mol. The molecule has 0 amide bonds. The summed E-state index contributed by atoms with van der Waals surface area (Å²) in [6, 6.07) is 83.7. The van der Waals surface area contributed by atoms with Crippen LogP contribution in [-0.2, 0) is 0 Å². The number of hydrogen-bond acceptors (Lipinski definition) is 0. The van der Waals surface area contributed by atoms with Crippen molar-refractivity contribution in [3.63, 3.8) is 0 Å². The van der Waals surface area contributed by atoms with Gasteiger partial charge >= 0.3 is 0 Å². The van der Waals surface area contributed by atoms with Crippen molar-refractivity contribution < 1.29 is 0 Å². The minimum Gasteiger partial charge on any atom is -0.309 e. The number of nitrogens with zero attached hydrogens (tertiary/aromatic N) is 1. The molecule has 0 aliphatic heterocycles. The first-order valence-electron chi connectivity index (χ1n) is 21.4. The Bertz CT molecular complexity index is 3540. The molecule has 2 aliphatic carbocycles. The lowest BCUT2D eigenvalue weighted by Crippen LogP contribution is -2.03. The number of aromatic nitrogens is 1. The van der Waals surface area contributed by atoms with Gasteiger partial charge in [-0.2, -0.15) is 0 Å². The van der Waals surface area contributed by atoms with Crippen LogP contribution in [0.3, 0.4) is 0 Å². The van der Waals surface area contributed by atoms with Crippen LogP contribution in [0.2, 0.25) is 0 Å². The summed E-state index contributed by atoms with van der Waals surface area (Å²) in [5, 5.41) is 5.07. The number of rotatable bonds is 5. The Morgan fingerprint density at radius 1 is 0.311 bits per heavy atom. The lowest BCUT2D eigenvalue weighted by Gasteiger charge is -2.20. The first kappa shape index (κ1) is 34.2. The monoisotopic (exact) mass is 773 g/mol. The molecular weight excluding hydrogens is 735 g/mol. The fraction of sp³-hybridized carbons (Fsp3) is 0.0333. The van der Waals surface area contributed by atoms with E-state index in [0.717, 1.165) is 5.69 Å². The van der Waals surface area contributed by atoms with Crippen molar-refractivity contribution in [2.24, 2.45) is 0 Å². The highest BCUT2D eigenvalue weighted by atomic mass is 15.0. The van der Waals surface area contributed by atoms with Crippen molar-refractivity contribution in [3.05, 3.63) is 258 Å². The fourth-order valence-corrected chi connectivity index (χ4v) is 10.9. The summed E-state index contributed by atoms with van der Waals surface area (Å²) in [6.07, 6.45) is 0. The Kier molecular flexibility index (Phi) is 7.50. The summed E-state index contributed by atoms with van der Waals surface area (Å²) < 4.78 is 2.43. The number of hydrogen-bond donors (Lipinski definition) is 0. The van der Waals surface area contributed by atoms with Crippen molar-refractivity contribution in [2.75, 3.05) is 0 Å². The first-order chi connectivity index (χ1) is 30.3. The van der Waals surface area contributed by atoms with Crippen LogP contribution < -0.4 is 0 Å². The molecule has 1 nitrogen and oxygen atoms in total. The summed E-state index contributed by atoms with van der Waals surface area (Å²) in [4.78, 5) is 0. The third-order valence-electron chi connectivity index (χ3n) is 13.5. The molecule has 1 heterocycles. The third kappa shape index (κ3) is 5.20. The van der Waals surface area contributed by atoms with Gasteiger partial charge in [-0.25, -0.2) is 0 Å². The Morgan fingerprint density at radius 3 is 1.89 bits per heavy atom. The highest BCUT2D eigenvalue weighted by Crippen LogP contribution is 2.58. The van der Waals surface area contributed by atoms with Gasteiger partial charge in [-0.15, -0.1) is 0 Å². The second kappa shape index (κ2) is 13.4. The smallest absolute Gasteiger partial charge is 0.0541 e. The van der Waals surface area contributed by atoms with Crippen molar-refractivity contribution in [3.8, 4) is 50.2 Å². The van der Waals surface area contributed by atoms with Crippen LogP contribution in [0.4, 0.5) is 0 Å². The van der Waals surface area contributed by atoms with E-state index in [-0.39, 0.29) is 11.8 Å². The summed E-state index contributed by atoms with van der Waals surface area (Å²) in [7, 11) is 0. The molecule has 1 heteroatoms. The van der Waals surface area contributed by atoms with Gasteiger partial charge in [0.2, 0.25) is 0 Å². The molecule has 0 spiro atoms. The van der Waals surface area contributed by atoms with E-state index in [1.54, 1.807) is 0 Å². The predicted octanol–water partition coefficient (Wildman–Crippen LogP) is 15.6. The van der Waals surface area contributed by atoms with E-state index in [1.165, 1.54) is 110 Å². The van der Waals surface area contributed by atoms with Gasteiger partial charge in [0, 0.05) is 28.3 Å². The zero-order valence-corrected chi connectivity index (χ0v) is 33.5. The summed E-state index contributed by atoms with van der Waals surface area (Å²) in [5.41, 5.74) is 22.2. The van der Waals surface area contributed by atoms with E-state index in [0.29, 0.717) is 0 Å². The maximum absolute atomic E-state index is 2.47. The van der Waals surface area contributed by atoms with Gasteiger partial charge in [0.15, 0.2) is 0 Å². The molecule has 2 unspecified atom stereocenters. The van der Waals surface area contributed by atoms with Gasteiger partial charge in [0.25, 0.3) is 0 Å². The predicted molar refractivity (Wildman–Crippen MR) is 255 cm³/mol. The third-order valence-corrected chi connectivity index (χ3v) is 13.5. The largest absolute Gasteiger partial charge is 0.309 e. The highest BCUT2D eigenvalue weighted by Gasteiger charge is 2.39. The SMILES string of the molecule is c1ccc(-c2cccc(-n3c4ccccc4c4cc(-c5ccc6c(c5)-c5ccc7c(c5C6c5ccc6ccccc6c5)-c5ccccc5C7c5ccccc5)ccc43)c2)cc1. The average Bonchev–Trinajstić information content (AvgIpc) is 3.97. The molecule has 0 bridgehead atoms. The Hall–Kier alpha value is -7.74. The van der Waals surface area contributed by atoms with E-state index < -0.39 is 0 Å². The minimum atomic E-state index is 0.105. The van der Waals surface area contributed by atoms with Gasteiger partial charge in [0.05, 0.1) is 11.0 Å². The van der Waals surface area contributed by atoms with E-state index in [9.17, 15) is 0 Å². The highest BCUT2D eigenvalue weighted by molar-refractivity contribution is 6.10. The summed E-state index contributed by atoms with van der Waals surface area (Å²) >= 11 is 0. The molecule has 0 N–H and O–H groups in total. The van der Waals surface area contributed by atoms with E-state index in [2.05, 4.69) is 229 Å². The second-order valence-electron chi connectivity index (χ2n) is 16.8. The van der Waals surface area contributed by atoms with E-state index in [1.807, 2.05) is 0 Å². The Labute approximate surface area is 355 Å². The maximum Gasteiger partial charge on any atom is 0.0541 e. The van der Waals surface area contributed by atoms with Crippen molar-refractivity contribution in [1.29, 1.82) is 0 Å². The zero-order chi connectivity index (χ0) is 40.0. The normalized spacial score (nSPS) is 14.9. The molecule has 284 valence electrons. The molecule has 13 rings (SSSR count). The van der Waals surface area contributed by atoms with Crippen LogP contribution in [0, 0.1) is 0 Å². The molecule has 10 aromatic carbocycles. The zero-order valence-electron chi connectivity index (χ0n) is 33.5. The lowest BCUT2D eigenvalue weighted by atomic mass is 9.83. The van der Waals surface area contributed by atoms with Crippen LogP contribution in [-0.4, -0.2) is 4.57 Å². The lowest BCUT2D eigenvalue weighted by molar-refractivity contribution is 0.997. The standard InChI is InChI=1S/C60H39N/c1-3-14-38(15-4-1)42-20-13-21-46(35-42)61-55-25-12-11-22-47(55)54-37-44(29-33-56(54)61)43-28-30-50-53(36-43)51-31-32-52-57(40-17-5-2-6-18-40)48-23-9-10-24-49(48)59(52)60(51)58(50)45-27-26-39-16-7-8-19-41(39)34-45/h1-37,57-58H.